The van der Waals surface area contributed by atoms with Gasteiger partial charge in [0.15, 0.2) is 6.29 Å². The Bertz CT molecular complexity index is 1230. The fraction of sp³-hybridized carbons (Fsp3) is 0.424. The van der Waals surface area contributed by atoms with E-state index in [0.717, 1.165) is 59.4 Å². The summed E-state index contributed by atoms with van der Waals surface area (Å²) in [6.07, 6.45) is 4.18. The van der Waals surface area contributed by atoms with E-state index < -0.39 is 6.29 Å². The van der Waals surface area contributed by atoms with Gasteiger partial charge in [-0.15, -0.1) is 0 Å². The van der Waals surface area contributed by atoms with E-state index in [9.17, 15) is 9.90 Å². The maximum absolute atomic E-state index is 11.8. The summed E-state index contributed by atoms with van der Waals surface area (Å²) in [5.41, 5.74) is 6.25. The number of likely N-dealkylation sites (tertiary alicyclic amines) is 1. The van der Waals surface area contributed by atoms with Gasteiger partial charge in [0.05, 0.1) is 18.8 Å². The number of urea groups is 1. The minimum atomic E-state index is -0.451. The zero-order valence-electron chi connectivity index (χ0n) is 23.4. The van der Waals surface area contributed by atoms with Gasteiger partial charge >= 0.3 is 6.03 Å². The number of carbonyl (C=O) groups is 1. The van der Waals surface area contributed by atoms with Crippen molar-refractivity contribution in [2.45, 2.75) is 64.3 Å². The summed E-state index contributed by atoms with van der Waals surface area (Å²) in [6, 6.07) is 24.5. The number of hydrogen-bond donors (Lipinski definition) is 3. The molecule has 3 N–H and O–H groups in total. The fourth-order valence-electron chi connectivity index (χ4n) is 5.56. The van der Waals surface area contributed by atoms with Crippen LogP contribution >= 0.6 is 0 Å². The van der Waals surface area contributed by atoms with Crippen molar-refractivity contribution in [3.8, 4) is 11.1 Å². The first kappa shape index (κ1) is 28.3. The molecule has 2 saturated heterocycles. The predicted octanol–water partition coefficient (Wildman–Crippen LogP) is 5.70. The maximum Gasteiger partial charge on any atom is 0.315 e. The summed E-state index contributed by atoms with van der Waals surface area (Å²) in [7, 11) is 0. The van der Waals surface area contributed by atoms with E-state index in [2.05, 4.69) is 64.1 Å². The van der Waals surface area contributed by atoms with Crippen molar-refractivity contribution in [1.82, 2.24) is 15.5 Å². The molecule has 0 bridgehead atoms. The van der Waals surface area contributed by atoms with Gasteiger partial charge < -0.3 is 30.1 Å². The lowest BCUT2D eigenvalue weighted by Gasteiger charge is -2.39. The Kier molecular flexibility index (Phi) is 9.84. The van der Waals surface area contributed by atoms with Crippen LogP contribution in [0.3, 0.4) is 0 Å². The van der Waals surface area contributed by atoms with Crippen molar-refractivity contribution in [2.24, 2.45) is 0 Å². The number of aliphatic hydroxyl groups is 1. The summed E-state index contributed by atoms with van der Waals surface area (Å²) in [6.45, 7) is 6.19. The second kappa shape index (κ2) is 13.9. The Morgan fingerprint density at radius 3 is 2.35 bits per heavy atom. The molecule has 5 rings (SSSR count). The summed E-state index contributed by atoms with van der Waals surface area (Å²) in [5.74, 6) is 0. The van der Waals surface area contributed by atoms with Gasteiger partial charge in [-0.3, -0.25) is 0 Å². The predicted molar refractivity (Wildman–Crippen MR) is 157 cm³/mol. The standard InChI is InChI=1S/C33H41N3O4/c1-2-34-33(38)35-21-25-7-6-8-29(19-25)26-13-15-28(16-14-26)32-39-30(22-36-17-4-3-5-18-36)20-31(40-32)27-11-9-24(23-37)10-12-27/h6-16,19,30-32,37H,2-5,17-18,20-23H2,1H3,(H2,34,35,38)/t30-,31+,32+/m1/s1. The van der Waals surface area contributed by atoms with Crippen LogP contribution < -0.4 is 10.6 Å². The molecule has 0 saturated carbocycles. The Morgan fingerprint density at radius 1 is 0.875 bits per heavy atom. The number of benzene rings is 3. The molecule has 40 heavy (non-hydrogen) atoms. The van der Waals surface area contributed by atoms with E-state index in [1.54, 1.807) is 0 Å². The largest absolute Gasteiger partial charge is 0.392 e. The third kappa shape index (κ3) is 7.49. The highest BCUT2D eigenvalue weighted by atomic mass is 16.7. The summed E-state index contributed by atoms with van der Waals surface area (Å²) in [4.78, 5) is 14.3. The number of carbonyl (C=O) groups excluding carboxylic acids is 1. The lowest BCUT2D eigenvalue weighted by Crippen LogP contribution is -2.41. The zero-order valence-corrected chi connectivity index (χ0v) is 23.4. The molecule has 0 aromatic heterocycles. The van der Waals surface area contributed by atoms with Crippen LogP contribution in [-0.2, 0) is 22.6 Å². The molecule has 7 nitrogen and oxygen atoms in total. The van der Waals surface area contributed by atoms with Gasteiger partial charge in [0.25, 0.3) is 0 Å². The maximum atomic E-state index is 11.8. The second-order valence-corrected chi connectivity index (χ2v) is 10.7. The van der Waals surface area contributed by atoms with Crippen molar-refractivity contribution in [1.29, 1.82) is 0 Å². The molecule has 3 aromatic carbocycles. The van der Waals surface area contributed by atoms with Crippen molar-refractivity contribution >= 4 is 6.03 Å². The molecule has 0 spiro atoms. The SMILES string of the molecule is CCNC(=O)NCc1cccc(-c2ccc([C@H]3O[C@@H](CN4CCCCC4)C[C@@H](c4ccc(CO)cc4)O3)cc2)c1. The van der Waals surface area contributed by atoms with Gasteiger partial charge in [0, 0.05) is 31.6 Å². The molecule has 212 valence electrons. The number of nitrogens with zero attached hydrogens (tertiary/aromatic N) is 1. The number of piperidine rings is 1. The summed E-state index contributed by atoms with van der Waals surface area (Å²) >= 11 is 0. The lowest BCUT2D eigenvalue weighted by atomic mass is 9.98. The highest BCUT2D eigenvalue weighted by molar-refractivity contribution is 5.73. The molecule has 2 fully saturated rings. The highest BCUT2D eigenvalue weighted by Gasteiger charge is 2.33. The van der Waals surface area contributed by atoms with Gasteiger partial charge in [0.2, 0.25) is 0 Å². The molecular formula is C33H41N3O4. The number of rotatable bonds is 9. The number of ether oxygens (including phenoxy) is 2. The lowest BCUT2D eigenvalue weighted by molar-refractivity contribution is -0.253. The van der Waals surface area contributed by atoms with Crippen LogP contribution in [0.2, 0.25) is 0 Å². The fourth-order valence-corrected chi connectivity index (χ4v) is 5.56. The molecule has 3 atom stereocenters. The third-order valence-corrected chi connectivity index (χ3v) is 7.76. The van der Waals surface area contributed by atoms with Crippen LogP contribution in [0.25, 0.3) is 11.1 Å². The highest BCUT2D eigenvalue weighted by Crippen LogP contribution is 2.39. The van der Waals surface area contributed by atoms with Gasteiger partial charge in [-0.1, -0.05) is 73.2 Å². The van der Waals surface area contributed by atoms with Crippen molar-refractivity contribution in [2.75, 3.05) is 26.2 Å². The minimum Gasteiger partial charge on any atom is -0.392 e. The van der Waals surface area contributed by atoms with Crippen LogP contribution in [-0.4, -0.2) is 48.3 Å². The van der Waals surface area contributed by atoms with Crippen molar-refractivity contribution in [3.63, 3.8) is 0 Å². The molecule has 0 aliphatic carbocycles. The number of hydrogen-bond acceptors (Lipinski definition) is 5. The van der Waals surface area contributed by atoms with E-state index in [0.29, 0.717) is 13.1 Å². The number of amides is 2. The normalized spacial score (nSPS) is 21.6. The van der Waals surface area contributed by atoms with E-state index in [1.807, 2.05) is 31.2 Å². The molecular weight excluding hydrogens is 502 g/mol. The Labute approximate surface area is 237 Å². The van der Waals surface area contributed by atoms with Crippen LogP contribution in [0.1, 0.15) is 67.3 Å². The first-order valence-electron chi connectivity index (χ1n) is 14.5. The van der Waals surface area contributed by atoms with E-state index >= 15 is 0 Å². The monoisotopic (exact) mass is 543 g/mol. The van der Waals surface area contributed by atoms with Crippen molar-refractivity contribution in [3.05, 3.63) is 95.1 Å². The molecule has 2 heterocycles. The number of nitrogens with one attached hydrogen (secondary N) is 2. The van der Waals surface area contributed by atoms with E-state index in [4.69, 9.17) is 9.47 Å². The minimum absolute atomic E-state index is 0.0368. The first-order chi connectivity index (χ1) is 19.6. The zero-order chi connectivity index (χ0) is 27.7. The van der Waals surface area contributed by atoms with Gasteiger partial charge in [-0.2, -0.15) is 0 Å². The van der Waals surface area contributed by atoms with Crippen molar-refractivity contribution < 1.29 is 19.4 Å². The molecule has 2 aliphatic heterocycles. The Morgan fingerprint density at radius 2 is 1.62 bits per heavy atom. The average Bonchev–Trinajstić information content (AvgIpc) is 3.01. The van der Waals surface area contributed by atoms with Crippen LogP contribution in [0.4, 0.5) is 4.79 Å². The molecule has 2 aliphatic rings. The van der Waals surface area contributed by atoms with Gasteiger partial charge in [0.1, 0.15) is 0 Å². The van der Waals surface area contributed by atoms with Gasteiger partial charge in [-0.05, 0) is 66.7 Å². The van der Waals surface area contributed by atoms with Gasteiger partial charge in [-0.25, -0.2) is 4.79 Å². The average molecular weight is 544 g/mol. The molecule has 0 radical (unpaired) electrons. The third-order valence-electron chi connectivity index (χ3n) is 7.76. The molecule has 7 heteroatoms. The quantitative estimate of drug-likeness (QED) is 0.323. The number of aliphatic hydroxyl groups excluding tert-OH is 1. The first-order valence-corrected chi connectivity index (χ1v) is 14.5. The Hall–Kier alpha value is -3.23. The van der Waals surface area contributed by atoms with Crippen LogP contribution in [0.5, 0.6) is 0 Å². The van der Waals surface area contributed by atoms with E-state index in [-0.39, 0.29) is 24.8 Å². The molecule has 0 unspecified atom stereocenters. The van der Waals surface area contributed by atoms with Crippen LogP contribution in [0.15, 0.2) is 72.8 Å². The summed E-state index contributed by atoms with van der Waals surface area (Å²) < 4.78 is 13.1. The summed E-state index contributed by atoms with van der Waals surface area (Å²) in [5, 5.41) is 15.1. The van der Waals surface area contributed by atoms with Crippen LogP contribution in [0, 0.1) is 0 Å². The molecule has 2 amide bonds. The Balaban J connectivity index is 1.30. The topological polar surface area (TPSA) is 83.1 Å². The smallest absolute Gasteiger partial charge is 0.315 e. The second-order valence-electron chi connectivity index (χ2n) is 10.7. The molecule has 3 aromatic rings. The van der Waals surface area contributed by atoms with E-state index in [1.165, 1.54) is 19.3 Å².